The van der Waals surface area contributed by atoms with E-state index in [1.165, 1.54) is 4.90 Å². The van der Waals surface area contributed by atoms with Gasteiger partial charge in [-0.25, -0.2) is 0 Å². The monoisotopic (exact) mass is 346 g/mol. The second-order valence-corrected chi connectivity index (χ2v) is 6.27. The van der Waals surface area contributed by atoms with Crippen LogP contribution in [0, 0.1) is 0 Å². The SMILES string of the molecule is CC(C)OCCCN1C(=O)C(c2ccccc2)=C(N(C)CCO)C1=O. The van der Waals surface area contributed by atoms with E-state index in [1.807, 2.05) is 44.2 Å². The van der Waals surface area contributed by atoms with Crippen LogP contribution >= 0.6 is 0 Å². The summed E-state index contributed by atoms with van der Waals surface area (Å²) in [5.41, 5.74) is 1.45. The van der Waals surface area contributed by atoms with Gasteiger partial charge in [0.05, 0.1) is 18.3 Å². The molecular weight excluding hydrogens is 320 g/mol. The second-order valence-electron chi connectivity index (χ2n) is 6.27. The van der Waals surface area contributed by atoms with E-state index in [0.717, 1.165) is 0 Å². The molecule has 2 amide bonds. The van der Waals surface area contributed by atoms with E-state index < -0.39 is 0 Å². The highest BCUT2D eigenvalue weighted by molar-refractivity contribution is 6.35. The van der Waals surface area contributed by atoms with E-state index >= 15 is 0 Å². The second kappa shape index (κ2) is 8.78. The zero-order valence-corrected chi connectivity index (χ0v) is 15.1. The first-order chi connectivity index (χ1) is 12.0. The molecule has 6 heteroatoms. The average Bonchev–Trinajstić information content (AvgIpc) is 2.83. The van der Waals surface area contributed by atoms with E-state index in [0.29, 0.717) is 36.4 Å². The maximum Gasteiger partial charge on any atom is 0.277 e. The summed E-state index contributed by atoms with van der Waals surface area (Å²) in [5.74, 6) is -0.607. The highest BCUT2D eigenvalue weighted by Gasteiger charge is 2.40. The number of nitrogens with zero attached hydrogens (tertiary/aromatic N) is 2. The number of benzene rings is 1. The van der Waals surface area contributed by atoms with Crippen molar-refractivity contribution in [1.82, 2.24) is 9.80 Å². The van der Waals surface area contributed by atoms with E-state index in [4.69, 9.17) is 4.74 Å². The number of rotatable bonds is 9. The molecule has 0 aliphatic carbocycles. The Balaban J connectivity index is 2.24. The molecule has 1 N–H and O–H groups in total. The quantitative estimate of drug-likeness (QED) is 0.542. The topological polar surface area (TPSA) is 70.1 Å². The van der Waals surface area contributed by atoms with Gasteiger partial charge in [-0.3, -0.25) is 14.5 Å². The molecule has 1 aromatic rings. The van der Waals surface area contributed by atoms with Gasteiger partial charge in [-0.05, 0) is 25.8 Å². The Hall–Kier alpha value is -2.18. The van der Waals surface area contributed by atoms with Crippen LogP contribution in [0.5, 0.6) is 0 Å². The summed E-state index contributed by atoms with van der Waals surface area (Å²) in [5, 5.41) is 9.21. The Kier molecular flexibility index (Phi) is 6.73. The number of carbonyl (C=O) groups excluding carboxylic acids is 2. The fourth-order valence-electron chi connectivity index (χ4n) is 2.79. The van der Waals surface area contributed by atoms with Crippen molar-refractivity contribution in [3.63, 3.8) is 0 Å². The van der Waals surface area contributed by atoms with Crippen molar-refractivity contribution in [2.45, 2.75) is 26.4 Å². The molecule has 25 heavy (non-hydrogen) atoms. The molecular formula is C19H26N2O4. The molecule has 0 spiro atoms. The van der Waals surface area contributed by atoms with Crippen molar-refractivity contribution in [1.29, 1.82) is 0 Å². The molecule has 0 saturated heterocycles. The Morgan fingerprint density at radius 2 is 1.84 bits per heavy atom. The molecule has 0 atom stereocenters. The van der Waals surface area contributed by atoms with Gasteiger partial charge in [0, 0.05) is 26.7 Å². The van der Waals surface area contributed by atoms with Crippen molar-refractivity contribution >= 4 is 17.4 Å². The zero-order chi connectivity index (χ0) is 18.4. The third kappa shape index (κ3) is 4.46. The van der Waals surface area contributed by atoms with Crippen LogP contribution in [-0.4, -0.2) is 66.2 Å². The summed E-state index contributed by atoms with van der Waals surface area (Å²) < 4.78 is 5.49. The number of hydrogen-bond donors (Lipinski definition) is 1. The van der Waals surface area contributed by atoms with Gasteiger partial charge < -0.3 is 14.7 Å². The number of likely N-dealkylation sites (N-methyl/N-ethyl adjacent to an activating group) is 1. The number of aliphatic hydroxyl groups excluding tert-OH is 1. The average molecular weight is 346 g/mol. The number of imide groups is 1. The lowest BCUT2D eigenvalue weighted by Gasteiger charge is -2.20. The fourth-order valence-corrected chi connectivity index (χ4v) is 2.79. The molecule has 0 bridgehead atoms. The van der Waals surface area contributed by atoms with Crippen LogP contribution in [0.25, 0.3) is 5.57 Å². The predicted molar refractivity (Wildman–Crippen MR) is 95.5 cm³/mol. The molecule has 0 radical (unpaired) electrons. The molecule has 136 valence electrons. The molecule has 0 unspecified atom stereocenters. The molecule has 6 nitrogen and oxygen atoms in total. The number of carbonyl (C=O) groups is 2. The first kappa shape index (κ1) is 19.1. The molecule has 2 rings (SSSR count). The van der Waals surface area contributed by atoms with Crippen molar-refractivity contribution in [2.75, 3.05) is 33.4 Å². The lowest BCUT2D eigenvalue weighted by atomic mass is 10.0. The van der Waals surface area contributed by atoms with Gasteiger partial charge >= 0.3 is 0 Å². The van der Waals surface area contributed by atoms with Gasteiger partial charge in [0.25, 0.3) is 11.8 Å². The van der Waals surface area contributed by atoms with Crippen LogP contribution in [0.2, 0.25) is 0 Å². The molecule has 0 aromatic heterocycles. The lowest BCUT2D eigenvalue weighted by molar-refractivity contribution is -0.137. The predicted octanol–water partition coefficient (Wildman–Crippen LogP) is 1.51. The number of amides is 2. The van der Waals surface area contributed by atoms with Crippen LogP contribution in [0.3, 0.4) is 0 Å². The van der Waals surface area contributed by atoms with Crippen molar-refractivity contribution < 1.29 is 19.4 Å². The summed E-state index contributed by atoms with van der Waals surface area (Å²) in [6.45, 7) is 4.90. The van der Waals surface area contributed by atoms with Crippen molar-refractivity contribution in [2.24, 2.45) is 0 Å². The smallest absolute Gasteiger partial charge is 0.277 e. The number of aliphatic hydroxyl groups is 1. The van der Waals surface area contributed by atoms with Crippen LogP contribution in [0.15, 0.2) is 36.0 Å². The van der Waals surface area contributed by atoms with Crippen LogP contribution in [0.4, 0.5) is 0 Å². The van der Waals surface area contributed by atoms with Gasteiger partial charge in [-0.1, -0.05) is 30.3 Å². The highest BCUT2D eigenvalue weighted by atomic mass is 16.5. The standard InChI is InChI=1S/C19H26N2O4/c1-14(2)25-13-7-10-21-18(23)16(15-8-5-4-6-9-15)17(19(21)24)20(3)11-12-22/h4-6,8-9,14,22H,7,10-13H2,1-3H3. The van der Waals surface area contributed by atoms with E-state index in [-0.39, 0.29) is 31.1 Å². The van der Waals surface area contributed by atoms with Crippen LogP contribution in [-0.2, 0) is 14.3 Å². The maximum atomic E-state index is 12.9. The zero-order valence-electron chi connectivity index (χ0n) is 15.1. The minimum absolute atomic E-state index is 0.0915. The Labute approximate surface area is 148 Å². The summed E-state index contributed by atoms with van der Waals surface area (Å²) in [6.07, 6.45) is 0.712. The van der Waals surface area contributed by atoms with Gasteiger partial charge in [0.2, 0.25) is 0 Å². The number of ether oxygens (including phenoxy) is 1. The van der Waals surface area contributed by atoms with Gasteiger partial charge in [0.1, 0.15) is 5.70 Å². The molecule has 0 saturated carbocycles. The number of hydrogen-bond acceptors (Lipinski definition) is 5. The van der Waals surface area contributed by atoms with E-state index in [9.17, 15) is 14.7 Å². The van der Waals surface area contributed by atoms with Crippen LogP contribution in [0.1, 0.15) is 25.8 Å². The Morgan fingerprint density at radius 1 is 1.16 bits per heavy atom. The highest BCUT2D eigenvalue weighted by Crippen LogP contribution is 2.30. The summed E-state index contributed by atoms with van der Waals surface area (Å²) in [4.78, 5) is 28.6. The van der Waals surface area contributed by atoms with E-state index in [1.54, 1.807) is 11.9 Å². The molecule has 1 aliphatic rings. The van der Waals surface area contributed by atoms with Crippen molar-refractivity contribution in [3.05, 3.63) is 41.6 Å². The van der Waals surface area contributed by atoms with E-state index in [2.05, 4.69) is 0 Å². The van der Waals surface area contributed by atoms with Gasteiger partial charge in [0.15, 0.2) is 0 Å². The minimum Gasteiger partial charge on any atom is -0.395 e. The maximum absolute atomic E-state index is 12.9. The lowest BCUT2D eigenvalue weighted by Crippen LogP contribution is -2.36. The normalized spacial score (nSPS) is 14.8. The third-order valence-electron chi connectivity index (χ3n) is 4.00. The molecule has 1 heterocycles. The fraction of sp³-hybridized carbons (Fsp3) is 0.474. The molecule has 1 aromatic carbocycles. The van der Waals surface area contributed by atoms with Gasteiger partial charge in [-0.2, -0.15) is 0 Å². The van der Waals surface area contributed by atoms with Crippen molar-refractivity contribution in [3.8, 4) is 0 Å². The Morgan fingerprint density at radius 3 is 2.44 bits per heavy atom. The minimum atomic E-state index is -0.315. The summed E-state index contributed by atoms with van der Waals surface area (Å²) in [6, 6.07) is 9.17. The Bertz CT molecular complexity index is 640. The van der Waals surface area contributed by atoms with Crippen LogP contribution < -0.4 is 0 Å². The first-order valence-electron chi connectivity index (χ1n) is 8.56. The summed E-state index contributed by atoms with van der Waals surface area (Å²) in [7, 11) is 1.71. The third-order valence-corrected chi connectivity index (χ3v) is 4.00. The molecule has 0 fully saturated rings. The summed E-state index contributed by atoms with van der Waals surface area (Å²) >= 11 is 0. The molecule has 1 aliphatic heterocycles. The first-order valence-corrected chi connectivity index (χ1v) is 8.56. The van der Waals surface area contributed by atoms with Gasteiger partial charge in [-0.15, -0.1) is 0 Å². The largest absolute Gasteiger partial charge is 0.395 e.